The predicted octanol–water partition coefficient (Wildman–Crippen LogP) is 0.837. The maximum absolute atomic E-state index is 13.5. The van der Waals surface area contributed by atoms with E-state index in [0.29, 0.717) is 19.0 Å². The lowest BCUT2D eigenvalue weighted by molar-refractivity contribution is 0.166. The van der Waals surface area contributed by atoms with Crippen LogP contribution in [0.25, 0.3) is 0 Å². The number of aliphatic hydroxyl groups excluding tert-OH is 1. The third-order valence-electron chi connectivity index (χ3n) is 2.20. The molecule has 0 aromatic heterocycles. The van der Waals surface area contributed by atoms with Gasteiger partial charge in [-0.1, -0.05) is 0 Å². The number of aromatic hydroxyl groups is 1. The zero-order chi connectivity index (χ0) is 10.8. The molecule has 2 rings (SSSR count). The summed E-state index contributed by atoms with van der Waals surface area (Å²) in [6, 6.07) is 1.19. The van der Waals surface area contributed by atoms with E-state index < -0.39 is 11.6 Å². The van der Waals surface area contributed by atoms with E-state index in [9.17, 15) is 9.50 Å². The molecule has 82 valence electrons. The van der Waals surface area contributed by atoms with Crippen molar-refractivity contribution in [2.75, 3.05) is 19.8 Å². The van der Waals surface area contributed by atoms with E-state index in [1.807, 2.05) is 0 Å². The van der Waals surface area contributed by atoms with Crippen LogP contribution in [-0.4, -0.2) is 30.0 Å². The smallest absolute Gasteiger partial charge is 0.172 e. The van der Waals surface area contributed by atoms with Crippen molar-refractivity contribution in [3.05, 3.63) is 17.4 Å². The zero-order valence-corrected chi connectivity index (χ0v) is 7.99. The second kappa shape index (κ2) is 3.94. The van der Waals surface area contributed by atoms with Gasteiger partial charge in [-0.3, -0.25) is 0 Å². The Morgan fingerprint density at radius 3 is 2.80 bits per heavy atom. The van der Waals surface area contributed by atoms with Gasteiger partial charge >= 0.3 is 0 Å². The molecule has 1 aliphatic heterocycles. The van der Waals surface area contributed by atoms with Gasteiger partial charge in [-0.15, -0.1) is 0 Å². The highest BCUT2D eigenvalue weighted by Gasteiger charge is 2.22. The van der Waals surface area contributed by atoms with Crippen LogP contribution in [0, 0.1) is 5.82 Å². The summed E-state index contributed by atoms with van der Waals surface area (Å²) in [4.78, 5) is 0. The number of phenolic OH excluding ortho intramolecular Hbond substituents is 1. The number of phenols is 1. The summed E-state index contributed by atoms with van der Waals surface area (Å²) in [6.45, 7) is 0.502. The number of halogens is 1. The number of aliphatic hydroxyl groups is 1. The van der Waals surface area contributed by atoms with Crippen LogP contribution in [0.3, 0.4) is 0 Å². The maximum atomic E-state index is 13.5. The van der Waals surface area contributed by atoms with E-state index in [1.165, 1.54) is 6.07 Å². The van der Waals surface area contributed by atoms with Crippen LogP contribution >= 0.6 is 0 Å². The predicted molar refractivity (Wildman–Crippen MR) is 49.8 cm³/mol. The third kappa shape index (κ3) is 1.70. The fourth-order valence-corrected chi connectivity index (χ4v) is 1.55. The average Bonchev–Trinajstić information content (AvgIpc) is 2.25. The molecule has 5 heteroatoms. The molecule has 2 N–H and O–H groups in total. The summed E-state index contributed by atoms with van der Waals surface area (Å²) in [6.07, 6.45) is 0.0892. The molecule has 0 aliphatic carbocycles. The van der Waals surface area contributed by atoms with Crippen molar-refractivity contribution in [1.29, 1.82) is 0 Å². The van der Waals surface area contributed by atoms with Crippen molar-refractivity contribution in [2.24, 2.45) is 0 Å². The lowest BCUT2D eigenvalue weighted by Gasteiger charge is -2.21. The summed E-state index contributed by atoms with van der Waals surface area (Å²) in [5, 5.41) is 18.1. The first kappa shape index (κ1) is 10.0. The summed E-state index contributed by atoms with van der Waals surface area (Å²) in [5.74, 6) is -0.634. The monoisotopic (exact) mass is 214 g/mol. The molecular weight excluding hydrogens is 203 g/mol. The second-order valence-corrected chi connectivity index (χ2v) is 3.19. The minimum atomic E-state index is -0.756. The lowest BCUT2D eigenvalue weighted by atomic mass is 10.1. The quantitative estimate of drug-likeness (QED) is 0.765. The Morgan fingerprint density at radius 1 is 1.33 bits per heavy atom. The van der Waals surface area contributed by atoms with Gasteiger partial charge in [0, 0.05) is 24.7 Å². The van der Waals surface area contributed by atoms with Gasteiger partial charge in [0.2, 0.25) is 0 Å². The molecule has 15 heavy (non-hydrogen) atoms. The topological polar surface area (TPSA) is 58.9 Å². The lowest BCUT2D eigenvalue weighted by Crippen LogP contribution is -2.17. The van der Waals surface area contributed by atoms with Crippen LogP contribution in [0.5, 0.6) is 17.2 Å². The molecule has 0 saturated heterocycles. The Labute approximate surface area is 85.9 Å². The number of hydrogen-bond acceptors (Lipinski definition) is 4. The normalized spacial score (nSPS) is 14.0. The first-order valence-corrected chi connectivity index (χ1v) is 4.65. The molecule has 0 radical (unpaired) electrons. The number of ether oxygens (including phenoxy) is 2. The highest BCUT2D eigenvalue weighted by Crippen LogP contribution is 2.40. The van der Waals surface area contributed by atoms with Crippen molar-refractivity contribution < 1.29 is 24.1 Å². The summed E-state index contributed by atoms with van der Waals surface area (Å²) >= 11 is 0. The largest absolute Gasteiger partial charge is 0.505 e. The number of benzene rings is 1. The van der Waals surface area contributed by atoms with Gasteiger partial charge in [0.15, 0.2) is 23.1 Å². The summed E-state index contributed by atoms with van der Waals surface area (Å²) in [5.41, 5.74) is 0.159. The van der Waals surface area contributed by atoms with E-state index in [-0.39, 0.29) is 24.3 Å². The SMILES string of the molecule is OCCc1c(F)c(O)cc2c1OCCO2. The molecule has 0 unspecified atom stereocenters. The van der Waals surface area contributed by atoms with E-state index in [2.05, 4.69) is 0 Å². The molecule has 0 spiro atoms. The van der Waals surface area contributed by atoms with Gasteiger partial charge in [-0.05, 0) is 0 Å². The van der Waals surface area contributed by atoms with Crippen molar-refractivity contribution >= 4 is 0 Å². The maximum Gasteiger partial charge on any atom is 0.172 e. The van der Waals surface area contributed by atoms with Crippen molar-refractivity contribution in [3.63, 3.8) is 0 Å². The van der Waals surface area contributed by atoms with Crippen molar-refractivity contribution in [2.45, 2.75) is 6.42 Å². The molecule has 1 heterocycles. The van der Waals surface area contributed by atoms with Gasteiger partial charge in [0.25, 0.3) is 0 Å². The Bertz CT molecular complexity index is 378. The van der Waals surface area contributed by atoms with E-state index in [1.54, 1.807) is 0 Å². The van der Waals surface area contributed by atoms with E-state index in [4.69, 9.17) is 14.6 Å². The fraction of sp³-hybridized carbons (Fsp3) is 0.400. The Morgan fingerprint density at radius 2 is 2.07 bits per heavy atom. The van der Waals surface area contributed by atoms with Gasteiger partial charge in [-0.2, -0.15) is 0 Å². The minimum absolute atomic E-state index is 0.0892. The number of fused-ring (bicyclic) bond motifs is 1. The standard InChI is InChI=1S/C10H11FO4/c11-9-6(1-2-12)10-8(5-7(9)13)14-3-4-15-10/h5,12-13H,1-4H2. The average molecular weight is 214 g/mol. The van der Waals surface area contributed by atoms with Crippen LogP contribution in [-0.2, 0) is 6.42 Å². The zero-order valence-electron chi connectivity index (χ0n) is 7.99. The molecule has 0 amide bonds. The highest BCUT2D eigenvalue weighted by molar-refractivity contribution is 5.53. The fourth-order valence-electron chi connectivity index (χ4n) is 1.55. The van der Waals surface area contributed by atoms with Crippen LogP contribution in [0.15, 0.2) is 6.07 Å². The van der Waals surface area contributed by atoms with Crippen LogP contribution in [0.4, 0.5) is 4.39 Å². The van der Waals surface area contributed by atoms with E-state index >= 15 is 0 Å². The van der Waals surface area contributed by atoms with Gasteiger partial charge < -0.3 is 19.7 Å². The molecule has 0 saturated carbocycles. The van der Waals surface area contributed by atoms with Crippen molar-refractivity contribution in [1.82, 2.24) is 0 Å². The second-order valence-electron chi connectivity index (χ2n) is 3.19. The first-order valence-electron chi connectivity index (χ1n) is 4.65. The Hall–Kier alpha value is -1.49. The first-order chi connectivity index (χ1) is 7.24. The van der Waals surface area contributed by atoms with Crippen LogP contribution in [0.1, 0.15) is 5.56 Å². The van der Waals surface area contributed by atoms with Gasteiger partial charge in [0.1, 0.15) is 13.2 Å². The van der Waals surface area contributed by atoms with E-state index in [0.717, 1.165) is 0 Å². The van der Waals surface area contributed by atoms with Crippen LogP contribution in [0.2, 0.25) is 0 Å². The number of rotatable bonds is 2. The van der Waals surface area contributed by atoms with Crippen molar-refractivity contribution in [3.8, 4) is 17.2 Å². The molecule has 1 aromatic carbocycles. The van der Waals surface area contributed by atoms with Gasteiger partial charge in [0.05, 0.1) is 0 Å². The minimum Gasteiger partial charge on any atom is -0.505 e. The Kier molecular flexibility index (Phi) is 2.64. The molecule has 4 nitrogen and oxygen atoms in total. The van der Waals surface area contributed by atoms with Gasteiger partial charge in [-0.25, -0.2) is 4.39 Å². The molecule has 1 aromatic rings. The molecule has 0 bridgehead atoms. The third-order valence-corrected chi connectivity index (χ3v) is 2.20. The molecule has 0 fully saturated rings. The number of hydrogen-bond donors (Lipinski definition) is 2. The molecular formula is C10H11FO4. The Balaban J connectivity index is 2.52. The highest BCUT2D eigenvalue weighted by atomic mass is 19.1. The summed E-state index contributed by atoms with van der Waals surface area (Å²) < 4.78 is 23.9. The van der Waals surface area contributed by atoms with Crippen LogP contribution < -0.4 is 9.47 Å². The summed E-state index contributed by atoms with van der Waals surface area (Å²) in [7, 11) is 0. The molecule has 0 atom stereocenters. The molecule has 1 aliphatic rings.